The number of anilines is 3. The first-order valence-corrected chi connectivity index (χ1v) is 12.3. The van der Waals surface area contributed by atoms with E-state index in [1.54, 1.807) is 15.6 Å². The van der Waals surface area contributed by atoms with Crippen LogP contribution in [0.2, 0.25) is 0 Å². The van der Waals surface area contributed by atoms with E-state index in [0.717, 1.165) is 33.9 Å². The molecule has 4 aromatic heterocycles. The highest BCUT2D eigenvalue weighted by Crippen LogP contribution is 2.30. The minimum absolute atomic E-state index is 0.0401. The minimum atomic E-state index is -0.0401. The second-order valence-corrected chi connectivity index (χ2v) is 9.05. The fourth-order valence-electron chi connectivity index (χ4n) is 4.54. The second-order valence-electron chi connectivity index (χ2n) is 9.05. The SMILES string of the molecule is C=CC(=O)N1CCN(c2ccc3ncnc(Nc4ccc(Oc5ccc6ccnn6c5)c(C)c4)c3n2)CC1. The van der Waals surface area contributed by atoms with E-state index >= 15 is 0 Å². The standard InChI is InChI=1S/C28H26N8O2/c1-3-26(37)35-14-12-34(13-15-35)25-9-7-23-27(33-25)28(30-18-29-23)32-20-4-8-24(19(2)16-20)38-22-6-5-21-10-11-31-36(21)17-22/h3-11,16-18H,1,12-15H2,2H3,(H,29,30,32). The molecule has 0 atom stereocenters. The summed E-state index contributed by atoms with van der Waals surface area (Å²) in [5, 5.41) is 7.66. The number of nitrogens with one attached hydrogen (secondary N) is 1. The maximum atomic E-state index is 11.9. The molecule has 5 heterocycles. The van der Waals surface area contributed by atoms with Crippen LogP contribution in [0.3, 0.4) is 0 Å². The van der Waals surface area contributed by atoms with Gasteiger partial charge in [0.05, 0.1) is 17.2 Å². The number of ether oxygens (including phenoxy) is 1. The maximum Gasteiger partial charge on any atom is 0.246 e. The van der Waals surface area contributed by atoms with Gasteiger partial charge in [-0.2, -0.15) is 5.10 Å². The number of pyridine rings is 2. The topological polar surface area (TPSA) is 101 Å². The highest BCUT2D eigenvalue weighted by Gasteiger charge is 2.21. The van der Waals surface area contributed by atoms with Gasteiger partial charge in [0.1, 0.15) is 29.2 Å². The number of carbonyl (C=O) groups excluding carboxylic acids is 1. The first kappa shape index (κ1) is 23.4. The van der Waals surface area contributed by atoms with E-state index < -0.39 is 0 Å². The van der Waals surface area contributed by atoms with Crippen molar-refractivity contribution in [2.24, 2.45) is 0 Å². The molecule has 1 amide bonds. The van der Waals surface area contributed by atoms with Gasteiger partial charge in [0.15, 0.2) is 5.82 Å². The molecule has 0 aliphatic carbocycles. The number of benzene rings is 1. The lowest BCUT2D eigenvalue weighted by Gasteiger charge is -2.35. The smallest absolute Gasteiger partial charge is 0.246 e. The molecule has 1 saturated heterocycles. The van der Waals surface area contributed by atoms with Crippen molar-refractivity contribution in [2.45, 2.75) is 6.92 Å². The molecule has 0 bridgehead atoms. The van der Waals surface area contributed by atoms with E-state index in [2.05, 4.69) is 31.9 Å². The summed E-state index contributed by atoms with van der Waals surface area (Å²) in [6.07, 6.45) is 6.50. The Morgan fingerprint density at radius 3 is 2.74 bits per heavy atom. The van der Waals surface area contributed by atoms with E-state index in [1.165, 1.54) is 12.4 Å². The number of hydrogen-bond acceptors (Lipinski definition) is 8. The number of rotatable bonds is 6. The van der Waals surface area contributed by atoms with E-state index in [4.69, 9.17) is 9.72 Å². The van der Waals surface area contributed by atoms with Crippen LogP contribution in [0.25, 0.3) is 16.6 Å². The number of aromatic nitrogens is 5. The summed E-state index contributed by atoms with van der Waals surface area (Å²) < 4.78 is 7.89. The average Bonchev–Trinajstić information content (AvgIpc) is 3.42. The van der Waals surface area contributed by atoms with Crippen LogP contribution in [0.15, 0.2) is 79.9 Å². The molecule has 1 fully saturated rings. The summed E-state index contributed by atoms with van der Waals surface area (Å²) in [4.78, 5) is 29.6. The molecule has 10 nitrogen and oxygen atoms in total. The molecule has 0 radical (unpaired) electrons. The van der Waals surface area contributed by atoms with Gasteiger partial charge in [-0.25, -0.2) is 19.5 Å². The molecule has 1 aliphatic heterocycles. The Morgan fingerprint density at radius 1 is 1.05 bits per heavy atom. The number of nitrogens with zero attached hydrogens (tertiary/aromatic N) is 7. The summed E-state index contributed by atoms with van der Waals surface area (Å²) >= 11 is 0. The average molecular weight is 507 g/mol. The van der Waals surface area contributed by atoms with Crippen LogP contribution in [0.5, 0.6) is 11.5 Å². The molecular formula is C28H26N8O2. The van der Waals surface area contributed by atoms with Crippen LogP contribution >= 0.6 is 0 Å². The van der Waals surface area contributed by atoms with Gasteiger partial charge in [-0.05, 0) is 67.1 Å². The zero-order valence-electron chi connectivity index (χ0n) is 20.9. The molecule has 190 valence electrons. The lowest BCUT2D eigenvalue weighted by molar-refractivity contribution is -0.126. The Bertz CT molecular complexity index is 1660. The summed E-state index contributed by atoms with van der Waals surface area (Å²) in [5.41, 5.74) is 4.26. The van der Waals surface area contributed by atoms with E-state index in [0.29, 0.717) is 43.3 Å². The van der Waals surface area contributed by atoms with Crippen LogP contribution in [-0.4, -0.2) is 61.6 Å². The Balaban J connectivity index is 1.21. The van der Waals surface area contributed by atoms with Crippen molar-refractivity contribution in [3.8, 4) is 11.5 Å². The number of fused-ring (bicyclic) bond motifs is 2. The third-order valence-electron chi connectivity index (χ3n) is 6.59. The van der Waals surface area contributed by atoms with Crippen molar-refractivity contribution < 1.29 is 9.53 Å². The summed E-state index contributed by atoms with van der Waals surface area (Å²) in [6.45, 7) is 8.23. The highest BCUT2D eigenvalue weighted by molar-refractivity contribution is 5.88. The largest absolute Gasteiger partial charge is 0.455 e. The van der Waals surface area contributed by atoms with Crippen molar-refractivity contribution in [2.75, 3.05) is 36.4 Å². The quantitative estimate of drug-likeness (QED) is 0.339. The first-order chi connectivity index (χ1) is 18.6. The zero-order chi connectivity index (χ0) is 26.1. The number of amides is 1. The second kappa shape index (κ2) is 9.81. The van der Waals surface area contributed by atoms with E-state index in [-0.39, 0.29) is 5.91 Å². The predicted octanol–water partition coefficient (Wildman–Crippen LogP) is 4.35. The van der Waals surface area contributed by atoms with Crippen LogP contribution in [0.1, 0.15) is 5.56 Å². The number of piperazine rings is 1. The molecule has 1 N–H and O–H groups in total. The Labute approximate surface area is 219 Å². The zero-order valence-corrected chi connectivity index (χ0v) is 20.9. The van der Waals surface area contributed by atoms with Crippen molar-refractivity contribution in [1.82, 2.24) is 29.5 Å². The van der Waals surface area contributed by atoms with Crippen LogP contribution in [0.4, 0.5) is 17.3 Å². The predicted molar refractivity (Wildman–Crippen MR) is 146 cm³/mol. The Hall–Kier alpha value is -4.99. The van der Waals surface area contributed by atoms with Crippen molar-refractivity contribution in [3.05, 3.63) is 85.5 Å². The van der Waals surface area contributed by atoms with Gasteiger partial charge >= 0.3 is 0 Å². The van der Waals surface area contributed by atoms with Gasteiger partial charge in [-0.1, -0.05) is 6.58 Å². The van der Waals surface area contributed by atoms with E-state index in [1.807, 2.05) is 61.7 Å². The van der Waals surface area contributed by atoms with Crippen molar-refractivity contribution in [1.29, 1.82) is 0 Å². The molecule has 38 heavy (non-hydrogen) atoms. The number of aryl methyl sites for hydroxylation is 1. The van der Waals surface area contributed by atoms with Crippen LogP contribution in [-0.2, 0) is 4.79 Å². The van der Waals surface area contributed by atoms with Crippen LogP contribution < -0.4 is 15.0 Å². The summed E-state index contributed by atoms with van der Waals surface area (Å²) in [7, 11) is 0. The summed E-state index contributed by atoms with van der Waals surface area (Å²) in [5.74, 6) is 2.87. The minimum Gasteiger partial charge on any atom is -0.455 e. The van der Waals surface area contributed by atoms with E-state index in [9.17, 15) is 4.79 Å². The number of hydrogen-bond donors (Lipinski definition) is 1. The summed E-state index contributed by atoms with van der Waals surface area (Å²) in [6, 6.07) is 15.6. The fourth-order valence-corrected chi connectivity index (χ4v) is 4.54. The van der Waals surface area contributed by atoms with Gasteiger partial charge < -0.3 is 19.9 Å². The normalized spacial score (nSPS) is 13.6. The van der Waals surface area contributed by atoms with Gasteiger partial charge in [0.25, 0.3) is 0 Å². The lowest BCUT2D eigenvalue weighted by atomic mass is 10.2. The third kappa shape index (κ3) is 4.59. The molecule has 0 spiro atoms. The monoisotopic (exact) mass is 506 g/mol. The molecule has 0 unspecified atom stereocenters. The molecule has 5 aromatic rings. The number of carbonyl (C=O) groups is 1. The maximum absolute atomic E-state index is 11.9. The molecule has 6 rings (SSSR count). The van der Waals surface area contributed by atoms with Crippen LogP contribution in [0, 0.1) is 6.92 Å². The van der Waals surface area contributed by atoms with Gasteiger partial charge in [0.2, 0.25) is 5.91 Å². The van der Waals surface area contributed by atoms with Gasteiger partial charge in [-0.15, -0.1) is 0 Å². The Kier molecular flexibility index (Phi) is 6.04. The molecule has 1 aromatic carbocycles. The fraction of sp³-hybridized carbons (Fsp3) is 0.179. The van der Waals surface area contributed by atoms with Gasteiger partial charge in [-0.3, -0.25) is 4.79 Å². The molecule has 0 saturated carbocycles. The molecular weight excluding hydrogens is 480 g/mol. The van der Waals surface area contributed by atoms with Crippen molar-refractivity contribution in [3.63, 3.8) is 0 Å². The first-order valence-electron chi connectivity index (χ1n) is 12.3. The lowest BCUT2D eigenvalue weighted by Crippen LogP contribution is -2.48. The Morgan fingerprint density at radius 2 is 1.92 bits per heavy atom. The van der Waals surface area contributed by atoms with Gasteiger partial charge in [0, 0.05) is 38.1 Å². The molecule has 1 aliphatic rings. The van der Waals surface area contributed by atoms with Crippen molar-refractivity contribution >= 4 is 39.8 Å². The molecule has 10 heteroatoms. The third-order valence-corrected chi connectivity index (χ3v) is 6.59. The highest BCUT2D eigenvalue weighted by atomic mass is 16.5.